The van der Waals surface area contributed by atoms with Crippen LogP contribution in [0.5, 0.6) is 5.75 Å². The van der Waals surface area contributed by atoms with Crippen LogP contribution in [0.4, 0.5) is 10.1 Å². The van der Waals surface area contributed by atoms with Crippen LogP contribution in [0, 0.1) is 5.82 Å². The summed E-state index contributed by atoms with van der Waals surface area (Å²) in [4.78, 5) is 10.3. The van der Waals surface area contributed by atoms with E-state index in [1.165, 1.54) is 12.3 Å². The van der Waals surface area contributed by atoms with Crippen molar-refractivity contribution in [3.05, 3.63) is 42.7 Å². The van der Waals surface area contributed by atoms with Gasteiger partial charge in [0.25, 0.3) is 0 Å². The summed E-state index contributed by atoms with van der Waals surface area (Å²) in [5.41, 5.74) is 1.89. The SMILES string of the molecule is Cn1cc(O[C@@H]2CN(c3ccnc4cc(F)cnc34)C[C@H]2O)cn1. The van der Waals surface area contributed by atoms with Crippen LogP contribution in [-0.4, -0.2) is 50.2 Å². The first-order valence-corrected chi connectivity index (χ1v) is 7.59. The fourth-order valence-corrected chi connectivity index (χ4v) is 2.95. The number of aliphatic hydroxyl groups is 1. The summed E-state index contributed by atoms with van der Waals surface area (Å²) < 4.78 is 20.8. The van der Waals surface area contributed by atoms with Gasteiger partial charge in [0.2, 0.25) is 0 Å². The zero-order valence-electron chi connectivity index (χ0n) is 13.0. The van der Waals surface area contributed by atoms with E-state index in [0.29, 0.717) is 29.9 Å². The van der Waals surface area contributed by atoms with Gasteiger partial charge in [0, 0.05) is 25.9 Å². The number of ether oxygens (including phenoxy) is 1. The maximum Gasteiger partial charge on any atom is 0.157 e. The number of β-amino-alcohol motifs (C(OH)–C–C–N with tert-alkyl or cyclic N) is 1. The third kappa shape index (κ3) is 2.65. The van der Waals surface area contributed by atoms with Gasteiger partial charge in [0.15, 0.2) is 5.75 Å². The number of aromatic nitrogens is 4. The van der Waals surface area contributed by atoms with Crippen LogP contribution in [0.2, 0.25) is 0 Å². The van der Waals surface area contributed by atoms with E-state index in [-0.39, 0.29) is 6.10 Å². The van der Waals surface area contributed by atoms with Gasteiger partial charge in [0.05, 0.1) is 36.3 Å². The van der Waals surface area contributed by atoms with Gasteiger partial charge in [-0.25, -0.2) is 9.37 Å². The average Bonchev–Trinajstić information content (AvgIpc) is 3.13. The second kappa shape index (κ2) is 5.72. The predicted molar refractivity (Wildman–Crippen MR) is 85.3 cm³/mol. The summed E-state index contributed by atoms with van der Waals surface area (Å²) in [6.07, 6.45) is 5.12. The van der Waals surface area contributed by atoms with Gasteiger partial charge >= 0.3 is 0 Å². The van der Waals surface area contributed by atoms with Crippen LogP contribution < -0.4 is 9.64 Å². The normalized spacial score (nSPS) is 20.7. The monoisotopic (exact) mass is 329 g/mol. The number of aryl methyl sites for hydroxylation is 1. The first kappa shape index (κ1) is 14.8. The minimum absolute atomic E-state index is 0.377. The van der Waals surface area contributed by atoms with Gasteiger partial charge in [-0.3, -0.25) is 9.67 Å². The summed E-state index contributed by atoms with van der Waals surface area (Å²) in [6, 6.07) is 3.16. The van der Waals surface area contributed by atoms with Gasteiger partial charge in [-0.1, -0.05) is 0 Å². The molecule has 1 saturated heterocycles. The van der Waals surface area contributed by atoms with E-state index in [2.05, 4.69) is 15.1 Å². The molecule has 0 saturated carbocycles. The van der Waals surface area contributed by atoms with Crippen LogP contribution in [0.15, 0.2) is 36.9 Å². The Balaban J connectivity index is 1.59. The lowest BCUT2D eigenvalue weighted by molar-refractivity contribution is 0.0737. The first-order valence-electron chi connectivity index (χ1n) is 7.59. The summed E-state index contributed by atoms with van der Waals surface area (Å²) in [5, 5.41) is 14.4. The van der Waals surface area contributed by atoms with E-state index in [1.807, 2.05) is 11.0 Å². The Kier molecular flexibility index (Phi) is 3.53. The number of hydrogen-bond acceptors (Lipinski definition) is 6. The van der Waals surface area contributed by atoms with Crippen LogP contribution in [-0.2, 0) is 7.05 Å². The molecule has 0 unspecified atom stereocenters. The number of halogens is 1. The van der Waals surface area contributed by atoms with Crippen LogP contribution in [0.1, 0.15) is 0 Å². The molecule has 3 aromatic rings. The number of anilines is 1. The lowest BCUT2D eigenvalue weighted by Gasteiger charge is -2.19. The molecule has 0 spiro atoms. The molecule has 2 atom stereocenters. The third-order valence-electron chi connectivity index (χ3n) is 4.07. The molecule has 3 aromatic heterocycles. The van der Waals surface area contributed by atoms with Crippen molar-refractivity contribution >= 4 is 16.7 Å². The first-order chi connectivity index (χ1) is 11.6. The van der Waals surface area contributed by atoms with E-state index in [1.54, 1.807) is 30.3 Å². The molecule has 4 rings (SSSR count). The molecular formula is C16H16FN5O2. The average molecular weight is 329 g/mol. The largest absolute Gasteiger partial charge is 0.482 e. The molecule has 0 bridgehead atoms. The number of nitrogens with zero attached hydrogens (tertiary/aromatic N) is 5. The van der Waals surface area contributed by atoms with Crippen LogP contribution in [0.3, 0.4) is 0 Å². The zero-order chi connectivity index (χ0) is 16.7. The predicted octanol–water partition coefficient (Wildman–Crippen LogP) is 1.13. The molecule has 0 amide bonds. The molecule has 7 nitrogen and oxygen atoms in total. The van der Waals surface area contributed by atoms with Crippen molar-refractivity contribution in [1.29, 1.82) is 0 Å². The lowest BCUT2D eigenvalue weighted by Crippen LogP contribution is -2.29. The smallest absolute Gasteiger partial charge is 0.157 e. The Morgan fingerprint density at radius 1 is 1.29 bits per heavy atom. The van der Waals surface area contributed by atoms with Gasteiger partial charge in [0.1, 0.15) is 23.5 Å². The highest BCUT2D eigenvalue weighted by Crippen LogP contribution is 2.28. The van der Waals surface area contributed by atoms with Crippen molar-refractivity contribution in [1.82, 2.24) is 19.7 Å². The van der Waals surface area contributed by atoms with Crippen molar-refractivity contribution in [2.75, 3.05) is 18.0 Å². The van der Waals surface area contributed by atoms with Crippen molar-refractivity contribution in [2.24, 2.45) is 7.05 Å². The molecule has 1 fully saturated rings. The summed E-state index contributed by atoms with van der Waals surface area (Å²) in [6.45, 7) is 0.900. The zero-order valence-corrected chi connectivity index (χ0v) is 13.0. The number of rotatable bonds is 3. The number of pyridine rings is 2. The van der Waals surface area contributed by atoms with Crippen molar-refractivity contribution in [3.8, 4) is 5.75 Å². The Hall–Kier alpha value is -2.74. The maximum atomic E-state index is 13.3. The van der Waals surface area contributed by atoms with E-state index in [9.17, 15) is 9.50 Å². The fraction of sp³-hybridized carbons (Fsp3) is 0.312. The van der Waals surface area contributed by atoms with Gasteiger partial charge in [-0.15, -0.1) is 0 Å². The molecule has 0 aliphatic carbocycles. The molecule has 0 aromatic carbocycles. The summed E-state index contributed by atoms with van der Waals surface area (Å²) in [5.74, 6) is 0.189. The molecule has 24 heavy (non-hydrogen) atoms. The van der Waals surface area contributed by atoms with Gasteiger partial charge in [-0.2, -0.15) is 5.10 Å². The molecule has 124 valence electrons. The van der Waals surface area contributed by atoms with E-state index < -0.39 is 11.9 Å². The van der Waals surface area contributed by atoms with Crippen molar-refractivity contribution < 1.29 is 14.2 Å². The topological polar surface area (TPSA) is 76.3 Å². The van der Waals surface area contributed by atoms with Crippen molar-refractivity contribution in [3.63, 3.8) is 0 Å². The Morgan fingerprint density at radius 3 is 2.96 bits per heavy atom. The third-order valence-corrected chi connectivity index (χ3v) is 4.07. The molecule has 1 aliphatic rings. The molecule has 8 heteroatoms. The highest BCUT2D eigenvalue weighted by Gasteiger charge is 2.34. The van der Waals surface area contributed by atoms with Crippen LogP contribution >= 0.6 is 0 Å². The quantitative estimate of drug-likeness (QED) is 0.776. The number of fused-ring (bicyclic) bond motifs is 1. The fourth-order valence-electron chi connectivity index (χ4n) is 2.95. The second-order valence-electron chi connectivity index (χ2n) is 5.83. The second-order valence-corrected chi connectivity index (χ2v) is 5.83. The van der Waals surface area contributed by atoms with Gasteiger partial charge in [-0.05, 0) is 6.07 Å². The molecular weight excluding hydrogens is 313 g/mol. The maximum absolute atomic E-state index is 13.3. The highest BCUT2D eigenvalue weighted by molar-refractivity contribution is 5.87. The highest BCUT2D eigenvalue weighted by atomic mass is 19.1. The van der Waals surface area contributed by atoms with E-state index in [4.69, 9.17) is 4.74 Å². The lowest BCUT2D eigenvalue weighted by atomic mass is 10.2. The Bertz CT molecular complexity index is 884. The molecule has 1 aliphatic heterocycles. The Labute approximate surface area is 137 Å². The van der Waals surface area contributed by atoms with Gasteiger partial charge < -0.3 is 14.7 Å². The standard InChI is InChI=1S/C16H16FN5O2/c1-21-7-11(6-20-21)24-15-9-22(8-14(15)23)13-2-3-18-12-4-10(17)5-19-16(12)13/h2-7,14-15,23H,8-9H2,1H3/t14-,15-/m1/s1. The number of hydrogen-bond donors (Lipinski definition) is 1. The van der Waals surface area contributed by atoms with E-state index >= 15 is 0 Å². The minimum atomic E-state index is -0.645. The molecule has 4 heterocycles. The van der Waals surface area contributed by atoms with Crippen molar-refractivity contribution in [2.45, 2.75) is 12.2 Å². The summed E-state index contributed by atoms with van der Waals surface area (Å²) in [7, 11) is 1.80. The minimum Gasteiger partial charge on any atom is -0.482 e. The Morgan fingerprint density at radius 2 is 2.17 bits per heavy atom. The summed E-state index contributed by atoms with van der Waals surface area (Å²) >= 11 is 0. The van der Waals surface area contributed by atoms with Crippen LogP contribution in [0.25, 0.3) is 11.0 Å². The van der Waals surface area contributed by atoms with E-state index in [0.717, 1.165) is 5.69 Å². The molecule has 1 N–H and O–H groups in total. The molecule has 0 radical (unpaired) electrons. The number of aliphatic hydroxyl groups excluding tert-OH is 1.